The molecule has 0 aliphatic rings. The summed E-state index contributed by atoms with van der Waals surface area (Å²) < 4.78 is 0. The minimum Gasteiger partial charge on any atom is -0.423 e. The summed E-state index contributed by atoms with van der Waals surface area (Å²) in [4.78, 5) is 0. The molecule has 0 amide bonds. The van der Waals surface area contributed by atoms with Crippen LogP contribution in [0.5, 0.6) is 0 Å². The van der Waals surface area contributed by atoms with Crippen molar-refractivity contribution in [2.75, 3.05) is 0 Å². The first-order chi connectivity index (χ1) is 5.25. The fourth-order valence-corrected chi connectivity index (χ4v) is 1.15. The Bertz CT molecular complexity index is 240. The van der Waals surface area contributed by atoms with Crippen molar-refractivity contribution in [3.8, 4) is 0 Å². The molecular formula is C7H8BClO2. The first-order valence-electron chi connectivity index (χ1n) is 3.25. The minimum atomic E-state index is -1.43. The molecule has 1 aromatic carbocycles. The third-order valence-electron chi connectivity index (χ3n) is 1.48. The van der Waals surface area contributed by atoms with Crippen molar-refractivity contribution in [3.63, 3.8) is 0 Å². The molecule has 0 aromatic heterocycles. The monoisotopic (exact) mass is 170 g/mol. The molecule has 0 saturated heterocycles. The van der Waals surface area contributed by atoms with Crippen LogP contribution >= 0.6 is 11.6 Å². The number of alkyl halides is 1. The largest absolute Gasteiger partial charge is 0.488 e. The second-order valence-corrected chi connectivity index (χ2v) is 2.47. The van der Waals surface area contributed by atoms with E-state index in [4.69, 9.17) is 21.6 Å². The number of hydrogen-bond donors (Lipinski definition) is 2. The molecule has 0 aliphatic carbocycles. The molecule has 4 heteroatoms. The van der Waals surface area contributed by atoms with Crippen LogP contribution in [-0.4, -0.2) is 17.2 Å². The van der Waals surface area contributed by atoms with E-state index in [0.29, 0.717) is 11.3 Å². The van der Waals surface area contributed by atoms with Gasteiger partial charge in [-0.15, -0.1) is 11.6 Å². The van der Waals surface area contributed by atoms with Gasteiger partial charge in [-0.1, -0.05) is 24.3 Å². The summed E-state index contributed by atoms with van der Waals surface area (Å²) in [5, 5.41) is 17.7. The quantitative estimate of drug-likeness (QED) is 0.488. The zero-order valence-electron chi connectivity index (χ0n) is 5.87. The second-order valence-electron chi connectivity index (χ2n) is 2.21. The van der Waals surface area contributed by atoms with Gasteiger partial charge < -0.3 is 10.0 Å². The van der Waals surface area contributed by atoms with Crippen LogP contribution in [0.15, 0.2) is 24.3 Å². The Balaban J connectivity index is 3.02. The van der Waals surface area contributed by atoms with E-state index in [2.05, 4.69) is 0 Å². The Morgan fingerprint density at radius 2 is 1.91 bits per heavy atom. The van der Waals surface area contributed by atoms with Crippen molar-refractivity contribution < 1.29 is 10.0 Å². The van der Waals surface area contributed by atoms with Crippen LogP contribution in [0.2, 0.25) is 0 Å². The lowest BCUT2D eigenvalue weighted by atomic mass is 9.77. The Morgan fingerprint density at radius 1 is 1.27 bits per heavy atom. The van der Waals surface area contributed by atoms with Gasteiger partial charge in [0, 0.05) is 5.88 Å². The molecule has 11 heavy (non-hydrogen) atoms. The second kappa shape index (κ2) is 3.76. The van der Waals surface area contributed by atoms with Crippen LogP contribution < -0.4 is 5.46 Å². The topological polar surface area (TPSA) is 40.5 Å². The maximum atomic E-state index is 8.83. The summed E-state index contributed by atoms with van der Waals surface area (Å²) in [5.41, 5.74) is 1.23. The predicted octanol–water partition coefficient (Wildman–Crippen LogP) is 0.105. The summed E-state index contributed by atoms with van der Waals surface area (Å²) in [6.45, 7) is 0. The van der Waals surface area contributed by atoms with E-state index < -0.39 is 7.12 Å². The van der Waals surface area contributed by atoms with Crippen molar-refractivity contribution in [2.45, 2.75) is 5.88 Å². The van der Waals surface area contributed by atoms with Crippen molar-refractivity contribution in [3.05, 3.63) is 29.8 Å². The molecule has 1 aromatic rings. The zero-order valence-corrected chi connectivity index (χ0v) is 6.62. The molecule has 0 fully saturated rings. The molecule has 0 aliphatic heterocycles. The van der Waals surface area contributed by atoms with Gasteiger partial charge in [0.15, 0.2) is 0 Å². The van der Waals surface area contributed by atoms with Gasteiger partial charge in [0.1, 0.15) is 0 Å². The molecule has 0 heterocycles. The highest BCUT2D eigenvalue weighted by Crippen LogP contribution is 2.00. The van der Waals surface area contributed by atoms with E-state index in [1.165, 1.54) is 0 Å². The molecular weight excluding hydrogens is 162 g/mol. The molecule has 58 valence electrons. The predicted molar refractivity (Wildman–Crippen MR) is 45.8 cm³/mol. The average Bonchev–Trinajstić information content (AvgIpc) is 2.04. The average molecular weight is 170 g/mol. The van der Waals surface area contributed by atoms with Crippen molar-refractivity contribution in [1.29, 1.82) is 0 Å². The van der Waals surface area contributed by atoms with Crippen LogP contribution in [0.25, 0.3) is 0 Å². The first kappa shape index (κ1) is 8.59. The molecule has 2 N–H and O–H groups in total. The first-order valence-corrected chi connectivity index (χ1v) is 3.79. The molecule has 0 bridgehead atoms. The van der Waals surface area contributed by atoms with Gasteiger partial charge in [0.05, 0.1) is 0 Å². The highest BCUT2D eigenvalue weighted by molar-refractivity contribution is 6.59. The van der Waals surface area contributed by atoms with E-state index >= 15 is 0 Å². The van der Waals surface area contributed by atoms with E-state index in [9.17, 15) is 0 Å². The molecule has 0 spiro atoms. The summed E-state index contributed by atoms with van der Waals surface area (Å²) in [6, 6.07) is 6.96. The van der Waals surface area contributed by atoms with Crippen molar-refractivity contribution in [2.24, 2.45) is 0 Å². The number of hydrogen-bond acceptors (Lipinski definition) is 2. The smallest absolute Gasteiger partial charge is 0.423 e. The SMILES string of the molecule is OB(O)c1ccccc1CCl. The van der Waals surface area contributed by atoms with Gasteiger partial charge in [0.2, 0.25) is 0 Å². The van der Waals surface area contributed by atoms with Gasteiger partial charge in [-0.3, -0.25) is 0 Å². The fourth-order valence-electron chi connectivity index (χ4n) is 0.908. The summed E-state index contributed by atoms with van der Waals surface area (Å²) in [7, 11) is -1.43. The van der Waals surface area contributed by atoms with Crippen LogP contribution in [0.3, 0.4) is 0 Å². The van der Waals surface area contributed by atoms with Crippen molar-refractivity contribution >= 4 is 24.2 Å². The number of halogens is 1. The Morgan fingerprint density at radius 3 is 2.36 bits per heavy atom. The minimum absolute atomic E-state index is 0.299. The molecule has 0 saturated carbocycles. The van der Waals surface area contributed by atoms with Gasteiger partial charge in [-0.05, 0) is 11.0 Å². The molecule has 2 nitrogen and oxygen atoms in total. The van der Waals surface area contributed by atoms with Crippen LogP contribution in [-0.2, 0) is 5.88 Å². The maximum absolute atomic E-state index is 8.83. The van der Waals surface area contributed by atoms with Gasteiger partial charge >= 0.3 is 7.12 Å². The highest BCUT2D eigenvalue weighted by atomic mass is 35.5. The standard InChI is InChI=1S/C7H8BClO2/c9-5-6-3-1-2-4-7(6)8(10)11/h1-4,10-11H,5H2. The maximum Gasteiger partial charge on any atom is 0.488 e. The zero-order chi connectivity index (χ0) is 8.27. The van der Waals surface area contributed by atoms with Crippen LogP contribution in [0.4, 0.5) is 0 Å². The third kappa shape index (κ3) is 1.96. The Hall–Kier alpha value is -0.505. The summed E-state index contributed by atoms with van der Waals surface area (Å²) in [6.07, 6.45) is 0. The van der Waals surface area contributed by atoms with E-state index in [0.717, 1.165) is 5.56 Å². The lowest BCUT2D eigenvalue weighted by Gasteiger charge is -2.03. The lowest BCUT2D eigenvalue weighted by molar-refractivity contribution is 0.425. The Labute approximate surface area is 70.6 Å². The summed E-state index contributed by atoms with van der Waals surface area (Å²) in [5.74, 6) is 0.299. The third-order valence-corrected chi connectivity index (χ3v) is 1.77. The lowest BCUT2D eigenvalue weighted by Crippen LogP contribution is -2.32. The van der Waals surface area contributed by atoms with E-state index in [1.807, 2.05) is 6.07 Å². The molecule has 0 radical (unpaired) electrons. The highest BCUT2D eigenvalue weighted by Gasteiger charge is 2.13. The molecule has 0 atom stereocenters. The van der Waals surface area contributed by atoms with E-state index in [1.54, 1.807) is 18.2 Å². The fraction of sp³-hybridized carbons (Fsp3) is 0.143. The van der Waals surface area contributed by atoms with Crippen molar-refractivity contribution in [1.82, 2.24) is 0 Å². The van der Waals surface area contributed by atoms with Gasteiger partial charge in [-0.2, -0.15) is 0 Å². The van der Waals surface area contributed by atoms with Crippen LogP contribution in [0, 0.1) is 0 Å². The van der Waals surface area contributed by atoms with Gasteiger partial charge in [-0.25, -0.2) is 0 Å². The summed E-state index contributed by atoms with van der Waals surface area (Å²) >= 11 is 5.55. The Kier molecular flexibility index (Phi) is 2.94. The molecule has 1 rings (SSSR count). The van der Waals surface area contributed by atoms with E-state index in [-0.39, 0.29) is 0 Å². The van der Waals surface area contributed by atoms with Crippen LogP contribution in [0.1, 0.15) is 5.56 Å². The normalized spacial score (nSPS) is 9.73. The number of rotatable bonds is 2. The number of benzene rings is 1. The van der Waals surface area contributed by atoms with Gasteiger partial charge in [0.25, 0.3) is 0 Å². The molecule has 0 unspecified atom stereocenters.